The first-order chi connectivity index (χ1) is 17.3. The topological polar surface area (TPSA) is 111 Å². The van der Waals surface area contributed by atoms with Crippen LogP contribution in [0.3, 0.4) is 0 Å². The van der Waals surface area contributed by atoms with Crippen molar-refractivity contribution >= 4 is 18.2 Å². The zero-order chi connectivity index (χ0) is 25.9. The number of primary amides is 1. The number of fused-ring (bicyclic) bond motifs is 2. The minimum absolute atomic E-state index is 0.109. The summed E-state index contributed by atoms with van der Waals surface area (Å²) < 4.78 is 0. The van der Waals surface area contributed by atoms with Gasteiger partial charge in [0.25, 0.3) is 0 Å². The molecule has 2 atom stereocenters. The van der Waals surface area contributed by atoms with Crippen molar-refractivity contribution in [3.05, 3.63) is 69.8 Å². The molecule has 0 aromatic heterocycles. The molecular formula is C29H38N4O3. The van der Waals surface area contributed by atoms with Crippen molar-refractivity contribution in [2.24, 2.45) is 16.5 Å². The zero-order valence-corrected chi connectivity index (χ0v) is 21.6. The third-order valence-corrected chi connectivity index (χ3v) is 7.73. The van der Waals surface area contributed by atoms with E-state index >= 15 is 0 Å². The molecule has 1 unspecified atom stereocenters. The molecule has 36 heavy (non-hydrogen) atoms. The van der Waals surface area contributed by atoms with E-state index in [9.17, 15) is 9.59 Å². The fraction of sp³-hybridized carbons (Fsp3) is 0.483. The van der Waals surface area contributed by atoms with Gasteiger partial charge in [-0.3, -0.25) is 14.4 Å². The van der Waals surface area contributed by atoms with Gasteiger partial charge in [0.05, 0.1) is 18.6 Å². The van der Waals surface area contributed by atoms with Crippen molar-refractivity contribution in [2.45, 2.75) is 82.7 Å². The first-order valence-corrected chi connectivity index (χ1v) is 13.0. The maximum absolute atomic E-state index is 12.1. The van der Waals surface area contributed by atoms with E-state index in [-0.39, 0.29) is 12.1 Å². The van der Waals surface area contributed by atoms with E-state index in [4.69, 9.17) is 16.3 Å². The van der Waals surface area contributed by atoms with E-state index in [2.05, 4.69) is 30.1 Å². The van der Waals surface area contributed by atoms with Crippen LogP contribution in [0.15, 0.2) is 41.4 Å². The van der Waals surface area contributed by atoms with Gasteiger partial charge in [-0.15, -0.1) is 0 Å². The van der Waals surface area contributed by atoms with Gasteiger partial charge in [-0.1, -0.05) is 49.1 Å². The highest BCUT2D eigenvalue weighted by Crippen LogP contribution is 2.46. The molecule has 2 amide bonds. The number of carbonyl (C=O) groups is 2. The number of rotatable bonds is 7. The number of amidine groups is 1. The average molecular weight is 491 g/mol. The Hall–Kier alpha value is -3.03. The summed E-state index contributed by atoms with van der Waals surface area (Å²) in [4.78, 5) is 34.8. The molecule has 1 fully saturated rings. The molecule has 192 valence electrons. The van der Waals surface area contributed by atoms with Gasteiger partial charge in [0.15, 0.2) is 0 Å². The molecular weight excluding hydrogens is 452 g/mol. The minimum atomic E-state index is -0.840. The summed E-state index contributed by atoms with van der Waals surface area (Å²) in [5, 5.41) is 1.87. The van der Waals surface area contributed by atoms with E-state index < -0.39 is 11.3 Å². The number of benzene rings is 2. The molecule has 1 saturated carbocycles. The highest BCUT2D eigenvalue weighted by molar-refractivity contribution is 6.01. The number of aryl methyl sites for hydroxylation is 3. The molecule has 4 rings (SSSR count). The lowest BCUT2D eigenvalue weighted by atomic mass is 9.67. The molecule has 0 bridgehead atoms. The summed E-state index contributed by atoms with van der Waals surface area (Å²) in [6.07, 6.45) is 7.99. The maximum atomic E-state index is 12.1. The number of hydrogen-bond acceptors (Lipinski definition) is 4. The second-order valence-corrected chi connectivity index (χ2v) is 10.3. The molecule has 4 N–H and O–H groups in total. The third kappa shape index (κ3) is 4.82. The van der Waals surface area contributed by atoms with E-state index in [1.807, 2.05) is 24.1 Å². The molecule has 0 radical (unpaired) electrons. The number of nitrogens with zero attached hydrogens (tertiary/aromatic N) is 2. The largest absolute Gasteiger partial charge is 0.366 e. The highest BCUT2D eigenvalue weighted by Gasteiger charge is 2.48. The molecule has 2 aromatic carbocycles. The zero-order valence-electron chi connectivity index (χ0n) is 21.6. The summed E-state index contributed by atoms with van der Waals surface area (Å²) >= 11 is 0. The van der Waals surface area contributed by atoms with E-state index in [1.54, 1.807) is 13.2 Å². The molecule has 0 spiro atoms. The number of hydrogen-bond donors (Lipinski definition) is 2. The predicted molar refractivity (Wildman–Crippen MR) is 142 cm³/mol. The van der Waals surface area contributed by atoms with Crippen LogP contribution >= 0.6 is 0 Å². The fourth-order valence-electron chi connectivity index (χ4n) is 6.29. The summed E-state index contributed by atoms with van der Waals surface area (Å²) in [5.74, 6) is 0.0972. The molecule has 0 saturated heterocycles. The number of nitrogens with two attached hydrogens (primary N) is 2. The van der Waals surface area contributed by atoms with Crippen molar-refractivity contribution in [1.29, 1.82) is 0 Å². The fourth-order valence-corrected chi connectivity index (χ4v) is 6.29. The lowest BCUT2D eigenvalue weighted by Crippen LogP contribution is -2.54. The van der Waals surface area contributed by atoms with Crippen LogP contribution in [-0.2, 0) is 27.9 Å². The number of carbonyl (C=O) groups excluding carboxylic acids is 2. The molecule has 0 heterocycles. The van der Waals surface area contributed by atoms with Crippen LogP contribution in [0.5, 0.6) is 0 Å². The number of aliphatic imine (C=N–C) groups is 1. The number of hydroxylamine groups is 2. The molecule has 0 aliphatic heterocycles. The Labute approximate surface area is 213 Å². The quantitative estimate of drug-likeness (QED) is 0.264. The first kappa shape index (κ1) is 26.0. The molecule has 7 nitrogen and oxygen atoms in total. The number of amides is 2. The monoisotopic (exact) mass is 490 g/mol. The molecule has 2 aliphatic rings. The SMILES string of the molecule is CON(C(=NC=O)C1(C[C@H](C)N)c2ccc(C)cc2CCc2cc(C(N)=O)ccc21)C1CCCCC1. The van der Waals surface area contributed by atoms with Crippen LogP contribution in [-0.4, -0.2) is 42.4 Å². The average Bonchev–Trinajstić information content (AvgIpc) is 2.99. The first-order valence-electron chi connectivity index (χ1n) is 13.0. The Bertz CT molecular complexity index is 1150. The van der Waals surface area contributed by atoms with Gasteiger partial charge in [0, 0.05) is 11.6 Å². The Morgan fingerprint density at radius 1 is 1.14 bits per heavy atom. The normalized spacial score (nSPS) is 21.2. The van der Waals surface area contributed by atoms with Crippen molar-refractivity contribution < 1.29 is 14.4 Å². The lowest BCUT2D eigenvalue weighted by molar-refractivity contribution is -0.113. The van der Waals surface area contributed by atoms with Gasteiger partial charge >= 0.3 is 0 Å². The predicted octanol–water partition coefficient (Wildman–Crippen LogP) is 3.97. The van der Waals surface area contributed by atoms with Crippen LogP contribution in [0.4, 0.5) is 0 Å². The Balaban J connectivity index is 2.07. The molecule has 7 heteroatoms. The van der Waals surface area contributed by atoms with Gasteiger partial charge < -0.3 is 11.5 Å². The second-order valence-electron chi connectivity index (χ2n) is 10.3. The van der Waals surface area contributed by atoms with Gasteiger partial charge in [0.1, 0.15) is 5.84 Å². The van der Waals surface area contributed by atoms with Crippen LogP contribution in [0, 0.1) is 6.92 Å². The van der Waals surface area contributed by atoms with Gasteiger partial charge in [-0.2, -0.15) is 4.99 Å². The van der Waals surface area contributed by atoms with Gasteiger partial charge in [0.2, 0.25) is 12.3 Å². The standard InChI is InChI=1S/C29H38N4O3/c1-19-9-13-25-21(15-19)10-11-22-16-23(27(31)35)12-14-26(22)29(25,17-20(2)30)28(32-18-34)33(36-3)24-7-5-4-6-8-24/h9,12-16,18,20,24H,4-8,10-11,17,30H2,1-3H3,(H2,31,35)/t20-,29?/m0/s1. The molecule has 2 aliphatic carbocycles. The summed E-state index contributed by atoms with van der Waals surface area (Å²) in [5.41, 5.74) is 17.3. The van der Waals surface area contributed by atoms with Crippen molar-refractivity contribution in [1.82, 2.24) is 5.06 Å². The summed E-state index contributed by atoms with van der Waals surface area (Å²) in [6, 6.07) is 12.0. The third-order valence-electron chi connectivity index (χ3n) is 7.73. The van der Waals surface area contributed by atoms with Crippen LogP contribution in [0.25, 0.3) is 0 Å². The van der Waals surface area contributed by atoms with Gasteiger partial charge in [-0.05, 0) is 80.3 Å². The van der Waals surface area contributed by atoms with Crippen molar-refractivity contribution in [3.8, 4) is 0 Å². The Kier molecular flexibility index (Phi) is 7.91. The van der Waals surface area contributed by atoms with Crippen molar-refractivity contribution in [2.75, 3.05) is 7.11 Å². The summed E-state index contributed by atoms with van der Waals surface area (Å²) in [6.45, 7) is 4.06. The van der Waals surface area contributed by atoms with E-state index in [0.717, 1.165) is 60.8 Å². The lowest BCUT2D eigenvalue weighted by Gasteiger charge is -2.45. The Morgan fingerprint density at radius 2 is 1.78 bits per heavy atom. The van der Waals surface area contributed by atoms with Crippen LogP contribution in [0.2, 0.25) is 0 Å². The van der Waals surface area contributed by atoms with Crippen LogP contribution < -0.4 is 11.5 Å². The summed E-state index contributed by atoms with van der Waals surface area (Å²) in [7, 11) is 1.65. The van der Waals surface area contributed by atoms with E-state index in [0.29, 0.717) is 24.2 Å². The maximum Gasteiger partial charge on any atom is 0.248 e. The second kappa shape index (κ2) is 10.9. The smallest absolute Gasteiger partial charge is 0.248 e. The Morgan fingerprint density at radius 3 is 2.36 bits per heavy atom. The van der Waals surface area contributed by atoms with Crippen molar-refractivity contribution in [3.63, 3.8) is 0 Å². The van der Waals surface area contributed by atoms with Crippen LogP contribution in [0.1, 0.15) is 83.6 Å². The van der Waals surface area contributed by atoms with E-state index in [1.165, 1.54) is 12.0 Å². The minimum Gasteiger partial charge on any atom is -0.366 e. The van der Waals surface area contributed by atoms with Gasteiger partial charge in [-0.25, -0.2) is 5.06 Å². The highest BCUT2D eigenvalue weighted by atomic mass is 16.7. The molecule has 2 aromatic rings.